The van der Waals surface area contributed by atoms with Gasteiger partial charge in [-0.3, -0.25) is 0 Å². The number of ether oxygens (including phenoxy) is 2. The number of aromatic nitrogens is 2. The molecule has 0 saturated carbocycles. The Hall–Kier alpha value is -2.90. The van der Waals surface area contributed by atoms with Gasteiger partial charge >= 0.3 is 11.9 Å². The third kappa shape index (κ3) is 4.53. The minimum Gasteiger partial charge on any atom is -0.466 e. The molecule has 2 aromatic heterocycles. The van der Waals surface area contributed by atoms with Crippen molar-refractivity contribution in [3.05, 3.63) is 35.6 Å². The molecule has 8 nitrogen and oxygen atoms in total. The number of furan rings is 1. The number of hydrogen-bond acceptors (Lipinski definition) is 8. The Bertz CT molecular complexity index is 728. The van der Waals surface area contributed by atoms with Gasteiger partial charge in [0.25, 0.3) is 11.8 Å². The maximum Gasteiger partial charge on any atom is 0.331 e. The first-order valence-corrected chi connectivity index (χ1v) is 6.91. The van der Waals surface area contributed by atoms with Crippen LogP contribution < -0.4 is 0 Å². The molecule has 0 aliphatic carbocycles. The molecule has 2 aromatic rings. The van der Waals surface area contributed by atoms with Crippen LogP contribution in [0.3, 0.4) is 0 Å². The number of aryl methyl sites for hydroxylation is 2. The van der Waals surface area contributed by atoms with E-state index in [2.05, 4.69) is 14.9 Å². The molecule has 0 fully saturated rings. The van der Waals surface area contributed by atoms with Gasteiger partial charge in [-0.15, -0.1) is 10.2 Å². The van der Waals surface area contributed by atoms with Crippen molar-refractivity contribution >= 4 is 11.9 Å². The average Bonchev–Trinajstić information content (AvgIpc) is 3.09. The molecule has 2 rings (SSSR count). The SMILES string of the molecule is CCOC(=O)/C=C/C(=O)OCc1nnc(-c2cc(C)oc2C)o1. The van der Waals surface area contributed by atoms with Gasteiger partial charge < -0.3 is 18.3 Å². The van der Waals surface area contributed by atoms with Crippen molar-refractivity contribution in [2.45, 2.75) is 27.4 Å². The van der Waals surface area contributed by atoms with E-state index in [1.165, 1.54) is 0 Å². The van der Waals surface area contributed by atoms with E-state index in [-0.39, 0.29) is 25.0 Å². The number of hydrogen-bond donors (Lipinski definition) is 0. The van der Waals surface area contributed by atoms with E-state index in [1.807, 2.05) is 6.92 Å². The van der Waals surface area contributed by atoms with Gasteiger partial charge in [0.05, 0.1) is 12.2 Å². The summed E-state index contributed by atoms with van der Waals surface area (Å²) in [5.74, 6) is 0.479. The number of carbonyl (C=O) groups is 2. The fourth-order valence-electron chi connectivity index (χ4n) is 1.77. The number of rotatable bonds is 6. The van der Waals surface area contributed by atoms with E-state index < -0.39 is 11.9 Å². The van der Waals surface area contributed by atoms with E-state index in [0.717, 1.165) is 17.9 Å². The highest BCUT2D eigenvalue weighted by Crippen LogP contribution is 2.25. The molecule has 8 heteroatoms. The summed E-state index contributed by atoms with van der Waals surface area (Å²) in [6.45, 7) is 5.29. The van der Waals surface area contributed by atoms with Gasteiger partial charge in [0.1, 0.15) is 11.5 Å². The zero-order chi connectivity index (χ0) is 16.8. The Morgan fingerprint density at radius 2 is 1.83 bits per heavy atom. The second kappa shape index (κ2) is 7.39. The van der Waals surface area contributed by atoms with Crippen LogP contribution in [-0.4, -0.2) is 28.7 Å². The molecule has 0 atom stereocenters. The summed E-state index contributed by atoms with van der Waals surface area (Å²) in [4.78, 5) is 22.5. The van der Waals surface area contributed by atoms with E-state index >= 15 is 0 Å². The van der Waals surface area contributed by atoms with E-state index in [9.17, 15) is 9.59 Å². The maximum atomic E-state index is 11.4. The second-order valence-corrected chi connectivity index (χ2v) is 4.52. The first kappa shape index (κ1) is 16.5. The molecule has 0 amide bonds. The normalized spacial score (nSPS) is 10.9. The molecule has 0 aliphatic heterocycles. The van der Waals surface area contributed by atoms with Crippen LogP contribution in [-0.2, 0) is 25.7 Å². The first-order valence-electron chi connectivity index (χ1n) is 6.91. The second-order valence-electron chi connectivity index (χ2n) is 4.52. The summed E-state index contributed by atoms with van der Waals surface area (Å²) in [5, 5.41) is 7.67. The van der Waals surface area contributed by atoms with Gasteiger partial charge in [-0.25, -0.2) is 9.59 Å². The summed E-state index contributed by atoms with van der Waals surface area (Å²) in [6.07, 6.45) is 1.96. The van der Waals surface area contributed by atoms with Crippen molar-refractivity contribution in [3.63, 3.8) is 0 Å². The predicted molar refractivity (Wildman–Crippen MR) is 77.0 cm³/mol. The summed E-state index contributed by atoms with van der Waals surface area (Å²) in [6, 6.07) is 1.78. The van der Waals surface area contributed by atoms with Gasteiger partial charge in [-0.1, -0.05) is 0 Å². The molecule has 23 heavy (non-hydrogen) atoms. The van der Waals surface area contributed by atoms with Crippen molar-refractivity contribution in [1.82, 2.24) is 10.2 Å². The van der Waals surface area contributed by atoms with Crippen LogP contribution in [0, 0.1) is 13.8 Å². The Morgan fingerprint density at radius 3 is 2.43 bits per heavy atom. The molecule has 2 heterocycles. The summed E-state index contributed by atoms with van der Waals surface area (Å²) < 4.78 is 20.3. The molecule has 0 aromatic carbocycles. The van der Waals surface area contributed by atoms with Crippen LogP contribution >= 0.6 is 0 Å². The lowest BCUT2D eigenvalue weighted by molar-refractivity contribution is -0.141. The fraction of sp³-hybridized carbons (Fsp3) is 0.333. The molecule has 0 unspecified atom stereocenters. The van der Waals surface area contributed by atoms with Gasteiger partial charge in [-0.2, -0.15) is 0 Å². The van der Waals surface area contributed by atoms with E-state index in [0.29, 0.717) is 11.3 Å². The van der Waals surface area contributed by atoms with Crippen molar-refractivity contribution < 1.29 is 27.9 Å². The van der Waals surface area contributed by atoms with Gasteiger partial charge in [0, 0.05) is 12.2 Å². The van der Waals surface area contributed by atoms with Crippen molar-refractivity contribution in [2.75, 3.05) is 6.61 Å². The smallest absolute Gasteiger partial charge is 0.331 e. The van der Waals surface area contributed by atoms with Crippen LogP contribution in [0.25, 0.3) is 11.5 Å². The first-order chi connectivity index (χ1) is 11.0. The minimum absolute atomic E-state index is 0.135. The standard InChI is InChI=1S/C15H16N2O6/c1-4-20-13(18)5-6-14(19)21-8-12-16-17-15(23-12)11-7-9(2)22-10(11)3/h5-7H,4,8H2,1-3H3/b6-5+. The Morgan fingerprint density at radius 1 is 1.13 bits per heavy atom. The van der Waals surface area contributed by atoms with Crippen molar-refractivity contribution in [1.29, 1.82) is 0 Å². The van der Waals surface area contributed by atoms with Gasteiger partial charge in [-0.05, 0) is 26.8 Å². The lowest BCUT2D eigenvalue weighted by atomic mass is 10.2. The van der Waals surface area contributed by atoms with E-state index in [1.54, 1.807) is 19.9 Å². The fourth-order valence-corrected chi connectivity index (χ4v) is 1.77. The number of nitrogens with zero attached hydrogens (tertiary/aromatic N) is 2. The third-order valence-corrected chi connectivity index (χ3v) is 2.72. The Kier molecular flexibility index (Phi) is 5.29. The monoisotopic (exact) mass is 320 g/mol. The highest BCUT2D eigenvalue weighted by molar-refractivity contribution is 5.91. The van der Waals surface area contributed by atoms with Crippen LogP contribution in [0.5, 0.6) is 0 Å². The van der Waals surface area contributed by atoms with Gasteiger partial charge in [0.2, 0.25) is 0 Å². The topological polar surface area (TPSA) is 105 Å². The van der Waals surface area contributed by atoms with Crippen LogP contribution in [0.4, 0.5) is 0 Å². The average molecular weight is 320 g/mol. The Balaban J connectivity index is 1.91. The molecule has 0 saturated heterocycles. The molecule has 0 spiro atoms. The highest BCUT2D eigenvalue weighted by Gasteiger charge is 2.15. The van der Waals surface area contributed by atoms with Crippen molar-refractivity contribution in [3.8, 4) is 11.5 Å². The molecular formula is C15H16N2O6. The minimum atomic E-state index is -0.715. The number of carbonyl (C=O) groups excluding carboxylic acids is 2. The molecule has 0 aliphatic rings. The lowest BCUT2D eigenvalue weighted by Crippen LogP contribution is -2.04. The zero-order valence-electron chi connectivity index (χ0n) is 13.0. The zero-order valence-corrected chi connectivity index (χ0v) is 13.0. The number of esters is 2. The Labute approximate surface area is 132 Å². The lowest BCUT2D eigenvalue weighted by Gasteiger charge is -1.97. The largest absolute Gasteiger partial charge is 0.466 e. The highest BCUT2D eigenvalue weighted by atomic mass is 16.5. The molecule has 0 N–H and O–H groups in total. The summed E-state index contributed by atoms with van der Waals surface area (Å²) in [7, 11) is 0. The summed E-state index contributed by atoms with van der Waals surface area (Å²) in [5.41, 5.74) is 0.690. The molecule has 0 bridgehead atoms. The van der Waals surface area contributed by atoms with Crippen LogP contribution in [0.1, 0.15) is 24.3 Å². The summed E-state index contributed by atoms with van der Waals surface area (Å²) >= 11 is 0. The molecular weight excluding hydrogens is 304 g/mol. The molecule has 122 valence electrons. The van der Waals surface area contributed by atoms with Crippen molar-refractivity contribution in [2.24, 2.45) is 0 Å². The van der Waals surface area contributed by atoms with Gasteiger partial charge in [0.15, 0.2) is 6.61 Å². The quantitative estimate of drug-likeness (QED) is 0.588. The molecule has 0 radical (unpaired) electrons. The van der Waals surface area contributed by atoms with Crippen LogP contribution in [0.2, 0.25) is 0 Å². The maximum absolute atomic E-state index is 11.4. The van der Waals surface area contributed by atoms with Crippen LogP contribution in [0.15, 0.2) is 27.1 Å². The third-order valence-electron chi connectivity index (χ3n) is 2.72. The van der Waals surface area contributed by atoms with E-state index in [4.69, 9.17) is 13.6 Å². The predicted octanol–water partition coefficient (Wildman–Crippen LogP) is 2.11.